The molecule has 0 radical (unpaired) electrons. The first kappa shape index (κ1) is 15.7. The van der Waals surface area contributed by atoms with E-state index in [4.69, 9.17) is 12.2 Å². The molecule has 112 valence electrons. The smallest absolute Gasteiger partial charge is 0.362 e. The van der Waals surface area contributed by atoms with Gasteiger partial charge in [0.15, 0.2) is 10.2 Å². The van der Waals surface area contributed by atoms with Gasteiger partial charge in [-0.3, -0.25) is 0 Å². The van der Waals surface area contributed by atoms with Gasteiger partial charge in [0.25, 0.3) is 0 Å². The molecule has 0 amide bonds. The summed E-state index contributed by atoms with van der Waals surface area (Å²) in [6.07, 6.45) is -2.47. The van der Waals surface area contributed by atoms with Crippen LogP contribution < -0.4 is 10.6 Å². The molecule has 1 aromatic heterocycles. The van der Waals surface area contributed by atoms with E-state index in [9.17, 15) is 13.2 Å². The molecule has 0 bridgehead atoms. The molecule has 2 N–H and O–H groups in total. The van der Waals surface area contributed by atoms with E-state index in [0.717, 1.165) is 6.07 Å². The Labute approximate surface area is 129 Å². The van der Waals surface area contributed by atoms with Crippen LogP contribution in [0.5, 0.6) is 0 Å². The standard InChI is InChI=1S/C13H12F3N3S2/c14-13(15,16)10-4-2-1-3-9(10)5-6-17-11(20)19-12-18-7-8-21-12/h1-4,7-8H,5-6H2,(H2,17,18,19,20). The number of hydrogen-bond acceptors (Lipinski definition) is 3. The fourth-order valence-electron chi connectivity index (χ4n) is 1.75. The van der Waals surface area contributed by atoms with Crippen LogP contribution in [0.25, 0.3) is 0 Å². The Kier molecular flexibility index (Phi) is 5.13. The molecule has 0 aliphatic heterocycles. The van der Waals surface area contributed by atoms with Crippen LogP contribution in [0.3, 0.4) is 0 Å². The fraction of sp³-hybridized carbons (Fsp3) is 0.231. The van der Waals surface area contributed by atoms with E-state index in [0.29, 0.717) is 16.8 Å². The molecule has 0 aliphatic carbocycles. The Morgan fingerprint density at radius 3 is 2.71 bits per heavy atom. The highest BCUT2D eigenvalue weighted by molar-refractivity contribution is 7.80. The summed E-state index contributed by atoms with van der Waals surface area (Å²) in [6, 6.07) is 5.54. The van der Waals surface area contributed by atoms with E-state index < -0.39 is 11.7 Å². The first-order valence-corrected chi connectivity index (χ1v) is 7.35. The van der Waals surface area contributed by atoms with Gasteiger partial charge in [0, 0.05) is 18.1 Å². The molecule has 21 heavy (non-hydrogen) atoms. The number of aromatic nitrogens is 1. The zero-order chi connectivity index (χ0) is 15.3. The van der Waals surface area contributed by atoms with Gasteiger partial charge in [-0.25, -0.2) is 4.98 Å². The first-order chi connectivity index (χ1) is 9.97. The van der Waals surface area contributed by atoms with Gasteiger partial charge in [0.2, 0.25) is 0 Å². The topological polar surface area (TPSA) is 37.0 Å². The highest BCUT2D eigenvalue weighted by Gasteiger charge is 2.32. The van der Waals surface area contributed by atoms with Gasteiger partial charge in [-0.15, -0.1) is 11.3 Å². The second kappa shape index (κ2) is 6.86. The van der Waals surface area contributed by atoms with Crippen molar-refractivity contribution in [2.45, 2.75) is 12.6 Å². The summed E-state index contributed by atoms with van der Waals surface area (Å²) in [4.78, 5) is 4.00. The maximum atomic E-state index is 12.8. The maximum Gasteiger partial charge on any atom is 0.416 e. The van der Waals surface area contributed by atoms with Crippen LogP contribution in [0.1, 0.15) is 11.1 Å². The van der Waals surface area contributed by atoms with E-state index >= 15 is 0 Å². The quantitative estimate of drug-likeness (QED) is 0.838. The molecule has 0 unspecified atom stereocenters. The van der Waals surface area contributed by atoms with Crippen molar-refractivity contribution in [3.8, 4) is 0 Å². The van der Waals surface area contributed by atoms with Crippen molar-refractivity contribution >= 4 is 33.8 Å². The SMILES string of the molecule is FC(F)(F)c1ccccc1CCNC(=S)Nc1nccs1. The number of hydrogen-bond donors (Lipinski definition) is 2. The predicted molar refractivity (Wildman–Crippen MR) is 81.5 cm³/mol. The van der Waals surface area contributed by atoms with E-state index in [1.807, 2.05) is 0 Å². The number of rotatable bonds is 4. The largest absolute Gasteiger partial charge is 0.416 e. The van der Waals surface area contributed by atoms with Crippen molar-refractivity contribution in [1.29, 1.82) is 0 Å². The van der Waals surface area contributed by atoms with E-state index in [1.54, 1.807) is 17.6 Å². The molecular weight excluding hydrogens is 319 g/mol. The molecule has 0 spiro atoms. The summed E-state index contributed by atoms with van der Waals surface area (Å²) in [5.41, 5.74) is -0.361. The van der Waals surface area contributed by atoms with E-state index in [1.165, 1.54) is 23.5 Å². The molecule has 0 fully saturated rings. The van der Waals surface area contributed by atoms with Crippen molar-refractivity contribution in [3.05, 3.63) is 47.0 Å². The minimum absolute atomic E-state index is 0.232. The lowest BCUT2D eigenvalue weighted by atomic mass is 10.0. The summed E-state index contributed by atoms with van der Waals surface area (Å²) in [5, 5.41) is 8.51. The number of thiazole rings is 1. The summed E-state index contributed by atoms with van der Waals surface area (Å²) in [6.45, 7) is 0.310. The van der Waals surface area contributed by atoms with Crippen molar-refractivity contribution in [2.24, 2.45) is 0 Å². The lowest BCUT2D eigenvalue weighted by molar-refractivity contribution is -0.138. The van der Waals surface area contributed by atoms with Gasteiger partial charge in [-0.05, 0) is 30.3 Å². The number of nitrogens with zero attached hydrogens (tertiary/aromatic N) is 1. The van der Waals surface area contributed by atoms with Crippen molar-refractivity contribution in [1.82, 2.24) is 10.3 Å². The van der Waals surface area contributed by atoms with Crippen LogP contribution in [0, 0.1) is 0 Å². The average Bonchev–Trinajstić information content (AvgIpc) is 2.91. The predicted octanol–water partition coefficient (Wildman–Crippen LogP) is 3.69. The van der Waals surface area contributed by atoms with E-state index in [-0.39, 0.29) is 12.0 Å². The number of halogens is 3. The summed E-state index contributed by atoms with van der Waals surface area (Å²) < 4.78 is 38.5. The maximum absolute atomic E-state index is 12.8. The van der Waals surface area contributed by atoms with Crippen molar-refractivity contribution < 1.29 is 13.2 Å². The van der Waals surface area contributed by atoms with Gasteiger partial charge < -0.3 is 10.6 Å². The van der Waals surface area contributed by atoms with Crippen molar-refractivity contribution in [3.63, 3.8) is 0 Å². The zero-order valence-electron chi connectivity index (χ0n) is 10.8. The van der Waals surface area contributed by atoms with Gasteiger partial charge >= 0.3 is 6.18 Å². The molecular formula is C13H12F3N3S2. The molecule has 3 nitrogen and oxygen atoms in total. The van der Waals surface area contributed by atoms with Crippen molar-refractivity contribution in [2.75, 3.05) is 11.9 Å². The van der Waals surface area contributed by atoms with Crippen LogP contribution in [0.15, 0.2) is 35.8 Å². The van der Waals surface area contributed by atoms with Gasteiger partial charge in [-0.1, -0.05) is 18.2 Å². The third-order valence-electron chi connectivity index (χ3n) is 2.66. The molecule has 0 saturated carbocycles. The summed E-state index contributed by atoms with van der Waals surface area (Å²) >= 11 is 6.43. The molecule has 0 aliphatic rings. The number of anilines is 1. The molecule has 0 saturated heterocycles. The molecule has 2 rings (SSSR count). The number of nitrogens with one attached hydrogen (secondary N) is 2. The second-order valence-corrected chi connectivity index (χ2v) is 5.43. The van der Waals surface area contributed by atoms with Gasteiger partial charge in [-0.2, -0.15) is 13.2 Å². The average molecular weight is 331 g/mol. The van der Waals surface area contributed by atoms with Crippen LogP contribution in [0.2, 0.25) is 0 Å². The minimum atomic E-state index is -4.34. The normalized spacial score (nSPS) is 11.2. The lowest BCUT2D eigenvalue weighted by Crippen LogP contribution is -2.30. The van der Waals surface area contributed by atoms with Crippen LogP contribution in [0.4, 0.5) is 18.3 Å². The second-order valence-electron chi connectivity index (χ2n) is 4.12. The Balaban J connectivity index is 1.88. The molecule has 1 heterocycles. The Hall–Kier alpha value is -1.67. The first-order valence-electron chi connectivity index (χ1n) is 6.06. The third kappa shape index (κ3) is 4.68. The number of thiocarbonyl (C=S) groups is 1. The van der Waals surface area contributed by atoms with Gasteiger partial charge in [0.05, 0.1) is 5.56 Å². The van der Waals surface area contributed by atoms with Gasteiger partial charge in [0.1, 0.15) is 0 Å². The van der Waals surface area contributed by atoms with Crippen LogP contribution >= 0.6 is 23.6 Å². The van der Waals surface area contributed by atoms with Crippen LogP contribution in [-0.4, -0.2) is 16.6 Å². The Morgan fingerprint density at radius 1 is 1.29 bits per heavy atom. The molecule has 0 atom stereocenters. The minimum Gasteiger partial charge on any atom is -0.362 e. The summed E-state index contributed by atoms with van der Waals surface area (Å²) in [7, 11) is 0. The summed E-state index contributed by atoms with van der Waals surface area (Å²) in [5.74, 6) is 0. The Bertz CT molecular complexity index is 597. The highest BCUT2D eigenvalue weighted by Crippen LogP contribution is 2.31. The third-order valence-corrected chi connectivity index (χ3v) is 3.59. The number of benzene rings is 1. The van der Waals surface area contributed by atoms with Crippen LogP contribution in [-0.2, 0) is 12.6 Å². The molecule has 8 heteroatoms. The monoisotopic (exact) mass is 331 g/mol. The van der Waals surface area contributed by atoms with E-state index in [2.05, 4.69) is 15.6 Å². The fourth-order valence-corrected chi connectivity index (χ4v) is 2.55. The number of alkyl halides is 3. The Morgan fingerprint density at radius 2 is 2.05 bits per heavy atom. The highest BCUT2D eigenvalue weighted by atomic mass is 32.1. The molecule has 2 aromatic rings. The molecule has 1 aromatic carbocycles. The lowest BCUT2D eigenvalue weighted by Gasteiger charge is -2.13. The zero-order valence-corrected chi connectivity index (χ0v) is 12.4.